The summed E-state index contributed by atoms with van der Waals surface area (Å²) in [5.41, 5.74) is 6.81. The van der Waals surface area contributed by atoms with Crippen LogP contribution in [0.15, 0.2) is 0 Å². The monoisotopic (exact) mass is 183 g/mol. The van der Waals surface area contributed by atoms with Crippen molar-refractivity contribution >= 4 is 0 Å². The highest BCUT2D eigenvalue weighted by Gasteiger charge is 2.41. The van der Waals surface area contributed by atoms with Gasteiger partial charge in [0, 0.05) is 5.54 Å². The maximum atomic E-state index is 6.40. The first kappa shape index (κ1) is 11.0. The van der Waals surface area contributed by atoms with E-state index in [0.29, 0.717) is 5.41 Å². The van der Waals surface area contributed by atoms with E-state index in [-0.39, 0.29) is 5.54 Å². The van der Waals surface area contributed by atoms with Crippen molar-refractivity contribution in [2.75, 3.05) is 0 Å². The number of hydrogen-bond donors (Lipinski definition) is 1. The molecule has 0 aromatic carbocycles. The number of nitrogens with two attached hydrogens (primary N) is 1. The minimum Gasteiger partial charge on any atom is -0.325 e. The average molecular weight is 183 g/mol. The maximum absolute atomic E-state index is 6.40. The summed E-state index contributed by atoms with van der Waals surface area (Å²) in [6.45, 7) is 11.4. The summed E-state index contributed by atoms with van der Waals surface area (Å²) in [5, 5.41) is 0. The van der Waals surface area contributed by atoms with Crippen LogP contribution in [0.5, 0.6) is 0 Å². The van der Waals surface area contributed by atoms with E-state index in [2.05, 4.69) is 34.6 Å². The second-order valence-electron chi connectivity index (χ2n) is 6.40. The van der Waals surface area contributed by atoms with Crippen LogP contribution < -0.4 is 5.73 Å². The highest BCUT2D eigenvalue weighted by atomic mass is 14.8. The Balaban J connectivity index is 2.55. The Bertz CT molecular complexity index is 176. The molecule has 13 heavy (non-hydrogen) atoms. The van der Waals surface area contributed by atoms with Gasteiger partial charge in [-0.3, -0.25) is 0 Å². The molecule has 2 N–H and O–H groups in total. The molecule has 3 atom stereocenters. The van der Waals surface area contributed by atoms with Crippen LogP contribution in [0.1, 0.15) is 53.9 Å². The molecule has 0 aliphatic heterocycles. The second kappa shape index (κ2) is 3.27. The van der Waals surface area contributed by atoms with Crippen LogP contribution in [-0.4, -0.2) is 5.54 Å². The van der Waals surface area contributed by atoms with E-state index in [0.717, 1.165) is 18.3 Å². The Labute approximate surface area is 83.1 Å². The molecule has 1 aliphatic carbocycles. The molecule has 1 fully saturated rings. The van der Waals surface area contributed by atoms with Crippen molar-refractivity contribution in [1.29, 1.82) is 0 Å². The first-order valence-electron chi connectivity index (χ1n) is 5.51. The first-order chi connectivity index (χ1) is 5.72. The minimum absolute atomic E-state index is 0.0515. The van der Waals surface area contributed by atoms with Crippen molar-refractivity contribution in [2.24, 2.45) is 23.0 Å². The van der Waals surface area contributed by atoms with Gasteiger partial charge in [0.15, 0.2) is 0 Å². The lowest BCUT2D eigenvalue weighted by Gasteiger charge is -2.47. The van der Waals surface area contributed by atoms with Crippen molar-refractivity contribution in [3.05, 3.63) is 0 Å². The van der Waals surface area contributed by atoms with Crippen LogP contribution in [0.2, 0.25) is 0 Å². The summed E-state index contributed by atoms with van der Waals surface area (Å²) in [5.74, 6) is 1.60. The van der Waals surface area contributed by atoms with Gasteiger partial charge in [-0.2, -0.15) is 0 Å². The average Bonchev–Trinajstić information content (AvgIpc) is 1.76. The highest BCUT2D eigenvalue weighted by Crippen LogP contribution is 2.44. The smallest absolute Gasteiger partial charge is 0.0161 e. The molecule has 0 saturated heterocycles. The minimum atomic E-state index is 0.0515. The van der Waals surface area contributed by atoms with Crippen molar-refractivity contribution in [2.45, 2.75) is 59.4 Å². The SMILES string of the molecule is CC1CCC1C(C)(N)CC(C)(C)C. The Kier molecular flexibility index (Phi) is 2.78. The molecule has 1 rings (SSSR count). The van der Waals surface area contributed by atoms with Crippen LogP contribution in [0, 0.1) is 17.3 Å². The molecule has 0 spiro atoms. The third-order valence-electron chi connectivity index (χ3n) is 3.38. The Hall–Kier alpha value is -0.0400. The quantitative estimate of drug-likeness (QED) is 0.699. The fourth-order valence-electron chi connectivity index (χ4n) is 2.92. The van der Waals surface area contributed by atoms with E-state index in [1.807, 2.05) is 0 Å². The molecule has 1 nitrogen and oxygen atoms in total. The molecule has 0 radical (unpaired) electrons. The van der Waals surface area contributed by atoms with Crippen molar-refractivity contribution in [1.82, 2.24) is 0 Å². The lowest BCUT2D eigenvalue weighted by Crippen LogP contribution is -2.52. The molecule has 78 valence electrons. The normalized spacial score (nSPS) is 33.7. The molecule has 0 bridgehead atoms. The van der Waals surface area contributed by atoms with E-state index in [9.17, 15) is 0 Å². The van der Waals surface area contributed by atoms with Crippen LogP contribution in [0.3, 0.4) is 0 Å². The van der Waals surface area contributed by atoms with Gasteiger partial charge in [0.2, 0.25) is 0 Å². The summed E-state index contributed by atoms with van der Waals surface area (Å²) >= 11 is 0. The molecular formula is C12H25N. The zero-order valence-electron chi connectivity index (χ0n) is 9.85. The highest BCUT2D eigenvalue weighted by molar-refractivity contribution is 4.97. The summed E-state index contributed by atoms with van der Waals surface area (Å²) < 4.78 is 0. The number of hydrogen-bond acceptors (Lipinski definition) is 1. The van der Waals surface area contributed by atoms with Gasteiger partial charge in [-0.25, -0.2) is 0 Å². The predicted octanol–water partition coefficient (Wildman–Crippen LogP) is 3.19. The molecule has 0 heterocycles. The van der Waals surface area contributed by atoms with Gasteiger partial charge in [-0.15, -0.1) is 0 Å². The third kappa shape index (κ3) is 2.70. The van der Waals surface area contributed by atoms with E-state index < -0.39 is 0 Å². The summed E-state index contributed by atoms with van der Waals surface area (Å²) in [6.07, 6.45) is 3.85. The van der Waals surface area contributed by atoms with E-state index in [1.54, 1.807) is 0 Å². The summed E-state index contributed by atoms with van der Waals surface area (Å²) in [4.78, 5) is 0. The van der Waals surface area contributed by atoms with Crippen LogP contribution in [0.4, 0.5) is 0 Å². The van der Waals surface area contributed by atoms with Gasteiger partial charge in [0.05, 0.1) is 0 Å². The van der Waals surface area contributed by atoms with Gasteiger partial charge in [-0.05, 0) is 37.0 Å². The van der Waals surface area contributed by atoms with Crippen LogP contribution in [-0.2, 0) is 0 Å². The predicted molar refractivity (Wildman–Crippen MR) is 58.6 cm³/mol. The summed E-state index contributed by atoms with van der Waals surface area (Å²) in [6, 6.07) is 0. The Morgan fingerprint density at radius 2 is 1.69 bits per heavy atom. The molecule has 0 aromatic heterocycles. The topological polar surface area (TPSA) is 26.0 Å². The van der Waals surface area contributed by atoms with Crippen molar-refractivity contribution in [3.63, 3.8) is 0 Å². The molecule has 1 saturated carbocycles. The van der Waals surface area contributed by atoms with Crippen molar-refractivity contribution < 1.29 is 0 Å². The molecule has 0 aromatic rings. The van der Waals surface area contributed by atoms with E-state index >= 15 is 0 Å². The largest absolute Gasteiger partial charge is 0.325 e. The van der Waals surface area contributed by atoms with E-state index in [1.165, 1.54) is 12.8 Å². The molecular weight excluding hydrogens is 158 g/mol. The Morgan fingerprint density at radius 1 is 1.15 bits per heavy atom. The van der Waals surface area contributed by atoms with Crippen LogP contribution >= 0.6 is 0 Å². The maximum Gasteiger partial charge on any atom is 0.0161 e. The number of rotatable bonds is 2. The first-order valence-corrected chi connectivity index (χ1v) is 5.51. The lowest BCUT2D eigenvalue weighted by molar-refractivity contribution is 0.0725. The third-order valence-corrected chi connectivity index (χ3v) is 3.38. The summed E-state index contributed by atoms with van der Waals surface area (Å²) in [7, 11) is 0. The van der Waals surface area contributed by atoms with Gasteiger partial charge >= 0.3 is 0 Å². The van der Waals surface area contributed by atoms with Gasteiger partial charge in [-0.1, -0.05) is 34.1 Å². The van der Waals surface area contributed by atoms with Gasteiger partial charge in [0.1, 0.15) is 0 Å². The molecule has 1 aliphatic rings. The standard InChI is InChI=1S/C12H25N/c1-9-6-7-10(9)12(5,13)8-11(2,3)4/h9-10H,6-8,13H2,1-5H3. The van der Waals surface area contributed by atoms with Gasteiger partial charge in [0.25, 0.3) is 0 Å². The van der Waals surface area contributed by atoms with Crippen molar-refractivity contribution in [3.8, 4) is 0 Å². The molecule has 3 unspecified atom stereocenters. The molecule has 1 heteroatoms. The fourth-order valence-corrected chi connectivity index (χ4v) is 2.92. The van der Waals surface area contributed by atoms with Crippen LogP contribution in [0.25, 0.3) is 0 Å². The van der Waals surface area contributed by atoms with E-state index in [4.69, 9.17) is 5.73 Å². The Morgan fingerprint density at radius 3 is 1.92 bits per heavy atom. The lowest BCUT2D eigenvalue weighted by atomic mass is 9.61. The zero-order chi connectivity index (χ0) is 10.3. The fraction of sp³-hybridized carbons (Fsp3) is 1.00. The second-order valence-corrected chi connectivity index (χ2v) is 6.40. The zero-order valence-corrected chi connectivity index (χ0v) is 9.85. The van der Waals surface area contributed by atoms with Gasteiger partial charge < -0.3 is 5.73 Å². The molecule has 0 amide bonds.